The van der Waals surface area contributed by atoms with Crippen molar-refractivity contribution in [2.75, 3.05) is 0 Å². The van der Waals surface area contributed by atoms with Crippen molar-refractivity contribution in [3.05, 3.63) is 23.8 Å². The Morgan fingerprint density at radius 1 is 1.55 bits per heavy atom. The van der Waals surface area contributed by atoms with Gasteiger partial charge >= 0.3 is 0 Å². The molecule has 1 atom stereocenters. The van der Waals surface area contributed by atoms with E-state index in [4.69, 9.17) is 5.73 Å². The number of sulfonamides is 1. The standard InChI is InChI=1S/C10H17N7O2S/c1-3-17-6-9(4-8(17)5-11)20(18,19)14-7(2)10-12-15-16-13-10/h4,6-7,14H,3,5,11H2,1-2H3,(H,12,13,15,16). The van der Waals surface area contributed by atoms with Crippen molar-refractivity contribution < 1.29 is 8.42 Å². The highest BCUT2D eigenvalue weighted by atomic mass is 32.2. The first-order chi connectivity index (χ1) is 9.47. The number of aryl methyl sites for hydroxylation is 1. The Kier molecular flexibility index (Phi) is 4.16. The van der Waals surface area contributed by atoms with Gasteiger partial charge in [0, 0.05) is 25.0 Å². The van der Waals surface area contributed by atoms with Crippen LogP contribution in [0.2, 0.25) is 0 Å². The van der Waals surface area contributed by atoms with Crippen molar-refractivity contribution in [3.8, 4) is 0 Å². The molecule has 10 heteroatoms. The van der Waals surface area contributed by atoms with Crippen molar-refractivity contribution in [2.45, 2.75) is 37.9 Å². The van der Waals surface area contributed by atoms with Gasteiger partial charge in [-0.05, 0) is 19.9 Å². The van der Waals surface area contributed by atoms with Crippen LogP contribution in [0.5, 0.6) is 0 Å². The number of hydrogen-bond acceptors (Lipinski definition) is 6. The summed E-state index contributed by atoms with van der Waals surface area (Å²) in [5, 5.41) is 13.2. The van der Waals surface area contributed by atoms with Gasteiger partial charge in [-0.3, -0.25) is 0 Å². The minimum absolute atomic E-state index is 0.176. The zero-order valence-corrected chi connectivity index (χ0v) is 12.1. The second-order valence-electron chi connectivity index (χ2n) is 4.27. The number of nitrogens with zero attached hydrogens (tertiary/aromatic N) is 4. The molecule has 2 heterocycles. The van der Waals surface area contributed by atoms with Crippen LogP contribution in [0.25, 0.3) is 0 Å². The largest absolute Gasteiger partial charge is 0.349 e. The zero-order chi connectivity index (χ0) is 14.8. The summed E-state index contributed by atoms with van der Waals surface area (Å²) in [7, 11) is -3.66. The average molecular weight is 299 g/mol. The lowest BCUT2D eigenvalue weighted by Gasteiger charge is -2.09. The number of nitrogens with one attached hydrogen (secondary N) is 2. The second kappa shape index (κ2) is 5.69. The van der Waals surface area contributed by atoms with Gasteiger partial charge in [0.1, 0.15) is 0 Å². The highest BCUT2D eigenvalue weighted by Gasteiger charge is 2.22. The Morgan fingerprint density at radius 3 is 2.80 bits per heavy atom. The number of hydrogen-bond donors (Lipinski definition) is 3. The van der Waals surface area contributed by atoms with Gasteiger partial charge < -0.3 is 10.3 Å². The quantitative estimate of drug-likeness (QED) is 0.660. The predicted octanol–water partition coefficient (Wildman–Crippen LogP) is -0.481. The van der Waals surface area contributed by atoms with Gasteiger partial charge in [0.15, 0.2) is 5.82 Å². The molecule has 2 rings (SSSR count). The fourth-order valence-corrected chi connectivity index (χ4v) is 3.11. The van der Waals surface area contributed by atoms with Crippen LogP contribution in [0, 0.1) is 0 Å². The van der Waals surface area contributed by atoms with Crippen LogP contribution < -0.4 is 10.5 Å². The van der Waals surface area contributed by atoms with Gasteiger partial charge in [-0.1, -0.05) is 5.21 Å². The summed E-state index contributed by atoms with van der Waals surface area (Å²) in [4.78, 5) is 0.176. The van der Waals surface area contributed by atoms with Crippen molar-refractivity contribution in [2.24, 2.45) is 5.73 Å². The molecular formula is C10H17N7O2S. The Balaban J connectivity index is 2.24. The number of tetrazole rings is 1. The fraction of sp³-hybridized carbons (Fsp3) is 0.500. The highest BCUT2D eigenvalue weighted by molar-refractivity contribution is 7.89. The maximum Gasteiger partial charge on any atom is 0.242 e. The molecule has 0 aliphatic heterocycles. The molecule has 1 unspecified atom stereocenters. The molecular weight excluding hydrogens is 282 g/mol. The molecule has 0 spiro atoms. The molecule has 0 fully saturated rings. The smallest absolute Gasteiger partial charge is 0.242 e. The maximum atomic E-state index is 12.3. The molecule has 0 saturated carbocycles. The number of H-pyrrole nitrogens is 1. The first kappa shape index (κ1) is 14.6. The lowest BCUT2D eigenvalue weighted by Crippen LogP contribution is -2.27. The van der Waals surface area contributed by atoms with Crippen LogP contribution in [-0.2, 0) is 23.1 Å². The Morgan fingerprint density at radius 2 is 2.30 bits per heavy atom. The third-order valence-electron chi connectivity index (χ3n) is 2.90. The monoisotopic (exact) mass is 299 g/mol. The lowest BCUT2D eigenvalue weighted by molar-refractivity contribution is 0.559. The van der Waals surface area contributed by atoms with E-state index in [-0.39, 0.29) is 17.3 Å². The number of aromatic amines is 1. The molecule has 2 aromatic heterocycles. The summed E-state index contributed by atoms with van der Waals surface area (Å²) in [5.41, 5.74) is 6.36. The molecule has 110 valence electrons. The van der Waals surface area contributed by atoms with Crippen molar-refractivity contribution in [3.63, 3.8) is 0 Å². The first-order valence-corrected chi connectivity index (χ1v) is 7.61. The summed E-state index contributed by atoms with van der Waals surface area (Å²) < 4.78 is 28.9. The Bertz CT molecular complexity index is 640. The Hall–Kier alpha value is -1.78. The summed E-state index contributed by atoms with van der Waals surface area (Å²) in [5.74, 6) is 0.280. The van der Waals surface area contributed by atoms with Crippen LogP contribution in [0.15, 0.2) is 17.2 Å². The summed E-state index contributed by atoms with van der Waals surface area (Å²) in [6, 6.07) is 0.986. The van der Waals surface area contributed by atoms with E-state index in [9.17, 15) is 8.42 Å². The molecule has 0 radical (unpaired) electrons. The van der Waals surface area contributed by atoms with E-state index < -0.39 is 16.1 Å². The third kappa shape index (κ3) is 2.86. The third-order valence-corrected chi connectivity index (χ3v) is 4.41. The fourth-order valence-electron chi connectivity index (χ4n) is 1.84. The molecule has 0 aromatic carbocycles. The van der Waals surface area contributed by atoms with E-state index in [1.165, 1.54) is 0 Å². The van der Waals surface area contributed by atoms with Gasteiger partial charge in [0.2, 0.25) is 10.0 Å². The number of nitrogens with two attached hydrogens (primary N) is 1. The number of rotatable bonds is 6. The van der Waals surface area contributed by atoms with Gasteiger partial charge in [-0.25, -0.2) is 13.1 Å². The average Bonchev–Trinajstić information content (AvgIpc) is 3.07. The van der Waals surface area contributed by atoms with Crippen LogP contribution in [0.1, 0.15) is 31.4 Å². The molecule has 2 aromatic rings. The van der Waals surface area contributed by atoms with E-state index in [1.54, 1.807) is 23.8 Å². The zero-order valence-electron chi connectivity index (χ0n) is 11.2. The van der Waals surface area contributed by atoms with Crippen LogP contribution in [0.3, 0.4) is 0 Å². The minimum atomic E-state index is -3.66. The molecule has 0 bridgehead atoms. The van der Waals surface area contributed by atoms with Crippen molar-refractivity contribution in [1.82, 2.24) is 29.9 Å². The molecule has 0 saturated heterocycles. The summed E-state index contributed by atoms with van der Waals surface area (Å²) in [6.45, 7) is 4.50. The van der Waals surface area contributed by atoms with Crippen LogP contribution in [0.4, 0.5) is 0 Å². The van der Waals surface area contributed by atoms with Crippen molar-refractivity contribution >= 4 is 10.0 Å². The van der Waals surface area contributed by atoms with E-state index in [2.05, 4.69) is 25.3 Å². The topological polar surface area (TPSA) is 132 Å². The van der Waals surface area contributed by atoms with E-state index in [1.807, 2.05) is 6.92 Å². The maximum absolute atomic E-state index is 12.3. The first-order valence-electron chi connectivity index (χ1n) is 6.12. The summed E-state index contributed by atoms with van der Waals surface area (Å²) >= 11 is 0. The molecule has 9 nitrogen and oxygen atoms in total. The summed E-state index contributed by atoms with van der Waals surface area (Å²) in [6.07, 6.45) is 1.56. The molecule has 0 amide bonds. The SMILES string of the molecule is CCn1cc(S(=O)(=O)NC(C)c2nn[nH]n2)cc1CN. The second-order valence-corrected chi connectivity index (χ2v) is 5.98. The van der Waals surface area contributed by atoms with Gasteiger partial charge in [-0.15, -0.1) is 10.2 Å². The van der Waals surface area contributed by atoms with E-state index in [0.717, 1.165) is 5.69 Å². The lowest BCUT2D eigenvalue weighted by atomic mass is 10.4. The van der Waals surface area contributed by atoms with E-state index >= 15 is 0 Å². The highest BCUT2D eigenvalue weighted by Crippen LogP contribution is 2.17. The molecule has 0 aliphatic carbocycles. The Labute approximate surface area is 116 Å². The van der Waals surface area contributed by atoms with Crippen LogP contribution >= 0.6 is 0 Å². The van der Waals surface area contributed by atoms with Crippen LogP contribution in [-0.4, -0.2) is 33.6 Å². The molecule has 20 heavy (non-hydrogen) atoms. The predicted molar refractivity (Wildman–Crippen MR) is 70.9 cm³/mol. The van der Waals surface area contributed by atoms with Gasteiger partial charge in [0.25, 0.3) is 0 Å². The number of aromatic nitrogens is 5. The molecule has 0 aliphatic rings. The molecule has 4 N–H and O–H groups in total. The minimum Gasteiger partial charge on any atom is -0.349 e. The van der Waals surface area contributed by atoms with Gasteiger partial charge in [0.05, 0.1) is 10.9 Å². The normalized spacial score (nSPS) is 13.6. The van der Waals surface area contributed by atoms with E-state index in [0.29, 0.717) is 6.54 Å². The van der Waals surface area contributed by atoms with Crippen molar-refractivity contribution in [1.29, 1.82) is 0 Å². The van der Waals surface area contributed by atoms with Gasteiger partial charge in [-0.2, -0.15) is 5.21 Å².